The van der Waals surface area contributed by atoms with Crippen LogP contribution >= 0.6 is 0 Å². The quantitative estimate of drug-likeness (QED) is 0.118. The first-order valence-corrected chi connectivity index (χ1v) is 7.26. The molecule has 0 heterocycles. The monoisotopic (exact) mass is 345 g/mol. The second-order valence-electron chi connectivity index (χ2n) is 4.29. The van der Waals surface area contributed by atoms with E-state index in [0.29, 0.717) is 26.4 Å². The number of carbonyl (C=O) groups is 3. The molecule has 0 aromatic rings. The van der Waals surface area contributed by atoms with Gasteiger partial charge in [-0.25, -0.2) is 0 Å². The zero-order valence-electron chi connectivity index (χ0n) is 13.3. The Labute approximate surface area is 139 Å². The Bertz CT molecular complexity index is 440. The summed E-state index contributed by atoms with van der Waals surface area (Å²) in [5.41, 5.74) is 13.1. The summed E-state index contributed by atoms with van der Waals surface area (Å²) in [7, 11) is 0. The lowest BCUT2D eigenvalue weighted by Gasteiger charge is -2.08. The van der Waals surface area contributed by atoms with E-state index in [4.69, 9.17) is 20.7 Å². The molecule has 0 saturated heterocycles. The van der Waals surface area contributed by atoms with Crippen molar-refractivity contribution in [2.24, 2.45) is 10.8 Å². The summed E-state index contributed by atoms with van der Waals surface area (Å²) in [6.45, 7) is 1.27. The van der Waals surface area contributed by atoms with Crippen molar-refractivity contribution in [2.75, 3.05) is 59.2 Å². The molecule has 0 saturated carbocycles. The van der Waals surface area contributed by atoms with Crippen LogP contribution in [0.3, 0.4) is 0 Å². The molecule has 0 aliphatic carbocycles. The van der Waals surface area contributed by atoms with E-state index < -0.39 is 11.8 Å². The van der Waals surface area contributed by atoms with Crippen molar-refractivity contribution >= 4 is 17.7 Å². The van der Waals surface area contributed by atoms with Crippen molar-refractivity contribution < 1.29 is 23.9 Å². The van der Waals surface area contributed by atoms with Crippen molar-refractivity contribution in [1.82, 2.24) is 16.0 Å². The Morgan fingerprint density at radius 2 is 1.50 bits per heavy atom. The van der Waals surface area contributed by atoms with Crippen LogP contribution in [0.1, 0.15) is 0 Å². The van der Waals surface area contributed by atoms with Gasteiger partial charge in [0.2, 0.25) is 17.7 Å². The van der Waals surface area contributed by atoms with Gasteiger partial charge in [-0.1, -0.05) is 5.11 Å². The maximum absolute atomic E-state index is 11.4. The molecule has 0 radical (unpaired) electrons. The van der Waals surface area contributed by atoms with Crippen molar-refractivity contribution in [3.8, 4) is 0 Å². The molecule has 12 heteroatoms. The third-order valence-corrected chi connectivity index (χ3v) is 2.42. The average molecular weight is 345 g/mol. The summed E-state index contributed by atoms with van der Waals surface area (Å²) in [6, 6.07) is 0. The van der Waals surface area contributed by atoms with E-state index in [0.717, 1.165) is 0 Å². The first kappa shape index (κ1) is 21.6. The van der Waals surface area contributed by atoms with E-state index in [1.54, 1.807) is 0 Å². The van der Waals surface area contributed by atoms with E-state index in [9.17, 15) is 14.4 Å². The number of hydrogen-bond acceptors (Lipinski definition) is 7. The molecule has 24 heavy (non-hydrogen) atoms. The number of rotatable bonds is 14. The van der Waals surface area contributed by atoms with Gasteiger partial charge in [-0.2, -0.15) is 0 Å². The van der Waals surface area contributed by atoms with Gasteiger partial charge in [-0.05, 0) is 5.53 Å². The van der Waals surface area contributed by atoms with Crippen LogP contribution in [0.25, 0.3) is 10.4 Å². The molecule has 136 valence electrons. The number of nitrogens with two attached hydrogens (primary N) is 1. The largest absolute Gasteiger partial charge is 0.379 e. The fourth-order valence-electron chi connectivity index (χ4n) is 1.29. The van der Waals surface area contributed by atoms with Gasteiger partial charge in [0, 0.05) is 18.0 Å². The Hall–Kier alpha value is -2.40. The van der Waals surface area contributed by atoms with E-state index in [2.05, 4.69) is 26.0 Å². The van der Waals surface area contributed by atoms with Crippen LogP contribution in [0.15, 0.2) is 5.11 Å². The van der Waals surface area contributed by atoms with Gasteiger partial charge in [0.1, 0.15) is 0 Å². The molecule has 5 N–H and O–H groups in total. The number of ether oxygens (including phenoxy) is 2. The topological polar surface area (TPSA) is 181 Å². The third-order valence-electron chi connectivity index (χ3n) is 2.42. The fraction of sp³-hybridized carbons (Fsp3) is 0.750. The van der Waals surface area contributed by atoms with Gasteiger partial charge < -0.3 is 31.2 Å². The first-order valence-electron chi connectivity index (χ1n) is 7.26. The highest BCUT2D eigenvalue weighted by atomic mass is 16.5. The molecular weight excluding hydrogens is 322 g/mol. The van der Waals surface area contributed by atoms with Crippen LogP contribution in [0.5, 0.6) is 0 Å². The number of azide groups is 1. The molecule has 0 rings (SSSR count). The molecule has 12 nitrogen and oxygen atoms in total. The Morgan fingerprint density at radius 3 is 2.12 bits per heavy atom. The summed E-state index contributed by atoms with van der Waals surface area (Å²) < 4.78 is 10.3. The smallest absolute Gasteiger partial charge is 0.239 e. The van der Waals surface area contributed by atoms with Gasteiger partial charge in [0.05, 0.1) is 46.1 Å². The van der Waals surface area contributed by atoms with E-state index >= 15 is 0 Å². The normalized spacial score (nSPS) is 9.71. The molecule has 0 spiro atoms. The molecule has 0 bridgehead atoms. The first-order chi connectivity index (χ1) is 11.6. The number of hydrogen-bond donors (Lipinski definition) is 4. The van der Waals surface area contributed by atoms with E-state index in [1.807, 2.05) is 0 Å². The van der Waals surface area contributed by atoms with E-state index in [1.165, 1.54) is 0 Å². The minimum atomic E-state index is -0.485. The second kappa shape index (κ2) is 15.5. The molecule has 0 unspecified atom stereocenters. The summed E-state index contributed by atoms with van der Waals surface area (Å²) in [5.74, 6) is -1.31. The molecule has 0 atom stereocenters. The van der Waals surface area contributed by atoms with Gasteiger partial charge in [-0.3, -0.25) is 14.4 Å². The molecule has 0 aromatic heterocycles. The summed E-state index contributed by atoms with van der Waals surface area (Å²) >= 11 is 0. The second-order valence-corrected chi connectivity index (χ2v) is 4.29. The predicted octanol–water partition coefficient (Wildman–Crippen LogP) is -2.36. The lowest BCUT2D eigenvalue weighted by atomic mass is 10.5. The number of amides is 3. The lowest BCUT2D eigenvalue weighted by Crippen LogP contribution is -2.43. The van der Waals surface area contributed by atoms with Crippen LogP contribution in [0, 0.1) is 0 Å². The Balaban J connectivity index is 3.42. The van der Waals surface area contributed by atoms with Gasteiger partial charge in [0.15, 0.2) is 0 Å². The highest BCUT2D eigenvalue weighted by Crippen LogP contribution is 1.80. The van der Waals surface area contributed by atoms with Gasteiger partial charge in [-0.15, -0.1) is 0 Å². The van der Waals surface area contributed by atoms with Gasteiger partial charge >= 0.3 is 0 Å². The number of nitrogens with one attached hydrogen (secondary N) is 3. The minimum Gasteiger partial charge on any atom is -0.379 e. The molecule has 0 aliphatic rings. The van der Waals surface area contributed by atoms with Crippen LogP contribution in [-0.4, -0.2) is 76.9 Å². The summed E-state index contributed by atoms with van der Waals surface area (Å²) in [6.07, 6.45) is 0. The SMILES string of the molecule is [N-]=[N+]=NCCOCCOCCNC(=O)CNC(=O)CNC(=O)CN. The van der Waals surface area contributed by atoms with Gasteiger partial charge in [0.25, 0.3) is 0 Å². The summed E-state index contributed by atoms with van der Waals surface area (Å²) in [5, 5.41) is 10.5. The number of carbonyl (C=O) groups excluding carboxylic acids is 3. The molecule has 3 amide bonds. The van der Waals surface area contributed by atoms with E-state index in [-0.39, 0.29) is 38.6 Å². The van der Waals surface area contributed by atoms with Crippen LogP contribution < -0.4 is 21.7 Å². The fourth-order valence-corrected chi connectivity index (χ4v) is 1.29. The average Bonchev–Trinajstić information content (AvgIpc) is 2.59. The molecule has 0 fully saturated rings. The van der Waals surface area contributed by atoms with Crippen molar-refractivity contribution in [3.63, 3.8) is 0 Å². The molecular formula is C12H23N7O5. The molecule has 0 aliphatic heterocycles. The Morgan fingerprint density at radius 1 is 0.917 bits per heavy atom. The molecule has 0 aromatic carbocycles. The zero-order valence-corrected chi connectivity index (χ0v) is 13.3. The highest BCUT2D eigenvalue weighted by Gasteiger charge is 2.06. The van der Waals surface area contributed by atoms with Crippen molar-refractivity contribution in [3.05, 3.63) is 10.4 Å². The summed E-state index contributed by atoms with van der Waals surface area (Å²) in [4.78, 5) is 36.1. The van der Waals surface area contributed by atoms with Crippen LogP contribution in [0.2, 0.25) is 0 Å². The van der Waals surface area contributed by atoms with Crippen LogP contribution in [0.4, 0.5) is 0 Å². The Kier molecular flexibility index (Phi) is 13.9. The van der Waals surface area contributed by atoms with Crippen LogP contribution in [-0.2, 0) is 23.9 Å². The van der Waals surface area contributed by atoms with Crippen molar-refractivity contribution in [1.29, 1.82) is 0 Å². The third kappa shape index (κ3) is 14.5. The zero-order chi connectivity index (χ0) is 18.0. The number of nitrogens with zero attached hydrogens (tertiary/aromatic N) is 3. The standard InChI is InChI=1S/C12H23N7O5/c13-7-10(20)16-9-12(22)17-8-11(21)15-1-3-23-5-6-24-4-2-18-19-14/h1-9,13H2,(H,15,21)(H,16,20)(H,17,22). The van der Waals surface area contributed by atoms with Crippen molar-refractivity contribution in [2.45, 2.75) is 0 Å². The maximum Gasteiger partial charge on any atom is 0.239 e. The minimum absolute atomic E-state index is 0.195. The maximum atomic E-state index is 11.4. The highest BCUT2D eigenvalue weighted by molar-refractivity contribution is 5.88. The lowest BCUT2D eigenvalue weighted by molar-refractivity contribution is -0.127. The predicted molar refractivity (Wildman–Crippen MR) is 83.7 cm³/mol.